The van der Waals surface area contributed by atoms with Gasteiger partial charge in [-0.1, -0.05) is 0 Å². The minimum absolute atomic E-state index is 0.0472. The maximum Gasteiger partial charge on any atom is 0.258 e. The normalized spacial score (nSPS) is 36.1. The molecule has 0 radical (unpaired) electrons. The highest BCUT2D eigenvalue weighted by atomic mass is 16.8. The highest BCUT2D eigenvalue weighted by Gasteiger charge is 2.57. The molecule has 12 unspecified atom stereocenters. The van der Waals surface area contributed by atoms with Crippen LogP contribution in [0.3, 0.4) is 0 Å². The molecule has 0 saturated carbocycles. The van der Waals surface area contributed by atoms with Gasteiger partial charge in [0.2, 0.25) is 11.8 Å². The van der Waals surface area contributed by atoms with Gasteiger partial charge in [-0.15, -0.1) is 0 Å². The summed E-state index contributed by atoms with van der Waals surface area (Å²) in [5, 5.41) is 200. The van der Waals surface area contributed by atoms with Gasteiger partial charge < -0.3 is 189 Å². The quantitative estimate of drug-likeness (QED) is 0.0270. The average molecular weight is 1640 g/mol. The Morgan fingerprint density at radius 3 is 1.03 bits per heavy atom. The number of aliphatic hydroxyl groups excluding tert-OH is 18. The Labute approximate surface area is 648 Å². The van der Waals surface area contributed by atoms with E-state index >= 15 is 0 Å². The maximum absolute atomic E-state index is 12.7. The van der Waals surface area contributed by atoms with Crippen molar-refractivity contribution in [2.45, 2.75) is 256 Å². The van der Waals surface area contributed by atoms with Crippen LogP contribution in [-0.4, -0.2) is 417 Å². The van der Waals surface area contributed by atoms with Crippen LogP contribution in [0.4, 0.5) is 0 Å². The Balaban J connectivity index is 0.708. The van der Waals surface area contributed by atoms with E-state index in [-0.39, 0.29) is 115 Å². The number of rotatable bonds is 46. The van der Waals surface area contributed by atoms with Crippen LogP contribution in [0.1, 0.15) is 70.8 Å². The molecule has 648 valence electrons. The van der Waals surface area contributed by atoms with Crippen LogP contribution >= 0.6 is 0 Å². The van der Waals surface area contributed by atoms with Crippen molar-refractivity contribution >= 4 is 35.2 Å². The molecule has 6 fully saturated rings. The lowest BCUT2D eigenvalue weighted by Crippen LogP contribution is -2.68. The number of Topliss-reactive ketones (excluding diaryl/α,β-unsaturated/α-hetero) is 2. The van der Waals surface area contributed by atoms with Gasteiger partial charge in [0.05, 0.1) is 66.1 Å². The van der Waals surface area contributed by atoms with E-state index in [9.17, 15) is 121 Å². The predicted octanol–water partition coefficient (Wildman–Crippen LogP) is -11.5. The Morgan fingerprint density at radius 1 is 0.354 bits per heavy atom. The first-order valence-corrected chi connectivity index (χ1v) is 37.2. The van der Waals surface area contributed by atoms with Crippen LogP contribution in [0.25, 0.3) is 0 Å². The summed E-state index contributed by atoms with van der Waals surface area (Å²) in [4.78, 5) is 75.2. The number of ether oxygens (including phenoxy) is 16. The van der Waals surface area contributed by atoms with Crippen molar-refractivity contribution in [3.63, 3.8) is 0 Å². The number of hydrogen-bond acceptors (Lipinski definition) is 40. The number of carbonyl (C=O) groups excluding carboxylic acids is 6. The Hall–Kier alpha value is -5.24. The maximum atomic E-state index is 12.7. The second-order valence-corrected chi connectivity index (χ2v) is 27.8. The van der Waals surface area contributed by atoms with Gasteiger partial charge in [-0.05, 0) is 50.3 Å². The van der Waals surface area contributed by atoms with Gasteiger partial charge in [0.15, 0.2) is 51.0 Å². The minimum Gasteiger partial charge on any atom is -0.484 e. The van der Waals surface area contributed by atoms with E-state index in [4.69, 9.17) is 75.8 Å². The summed E-state index contributed by atoms with van der Waals surface area (Å²) in [6.07, 6.45) is -46.3. The molecule has 44 heteroatoms. The molecule has 0 bridgehead atoms. The summed E-state index contributed by atoms with van der Waals surface area (Å²) in [6, 6.07) is 2.10. The molecule has 30 atom stereocenters. The third-order valence-electron chi connectivity index (χ3n) is 19.2. The molecular formula is C69H112N4O40. The van der Waals surface area contributed by atoms with Gasteiger partial charge in [0, 0.05) is 71.9 Å². The van der Waals surface area contributed by atoms with Crippen LogP contribution < -0.4 is 30.7 Å². The molecule has 6 heterocycles. The van der Waals surface area contributed by atoms with E-state index in [0.29, 0.717) is 31.2 Å². The standard InChI is InChI=1S/C69H112N4O40/c1-31-20-36(102-29-44(84)70-12-18-98-16-10-34(82)8-4-6-14-100-64-46(72-32(2)80)52(90)60(42(27-78)108-64)110-68-58(96)62(50(88)40(25-76)106-68)112-66-56(94)54(92)48(86)38(23-74)104-66)22-37(21-31)103-30-45(85)71-13-19-99-17-11-35(83)9-5-7-15-101-65-47(73-33(3)81)53(91)61(43(28-79)109-65)111-69-59(97)63(51(89)41(26-77)107-69)113-67-57(95)55(93)49(87)39(24-75)105-67/h20-22,38-43,46-69,74-79,86-97H,4-19,23-30H2,1-3H3,(H,70,84)(H,71,85)(H,72,80)(H,73,81)/t38?,39?,40?,41?,42?,43?,46?,47?,48-,49-,50-,51-,52+,53+,54?,55?,56-,57-,58?,59?,60+,61+,62-,63-,64+,65+,66+,67+,68-,69-/m0/s1. The summed E-state index contributed by atoms with van der Waals surface area (Å²) < 4.78 is 90.8. The van der Waals surface area contributed by atoms with Crippen molar-refractivity contribution in [2.75, 3.05) is 106 Å². The average Bonchev–Trinajstić information content (AvgIpc) is 0.779. The third-order valence-corrected chi connectivity index (χ3v) is 19.2. The molecule has 1 aromatic rings. The zero-order valence-corrected chi connectivity index (χ0v) is 62.6. The van der Waals surface area contributed by atoms with E-state index in [2.05, 4.69) is 21.3 Å². The van der Waals surface area contributed by atoms with E-state index in [1.54, 1.807) is 19.1 Å². The monoisotopic (exact) mass is 1640 g/mol. The first kappa shape index (κ1) is 94.9. The molecular weight excluding hydrogens is 1520 g/mol. The van der Waals surface area contributed by atoms with Crippen LogP contribution in [-0.2, 0) is 95.1 Å². The second-order valence-electron chi connectivity index (χ2n) is 27.8. The van der Waals surface area contributed by atoms with Crippen LogP contribution in [0, 0.1) is 6.92 Å². The van der Waals surface area contributed by atoms with Gasteiger partial charge in [0.25, 0.3) is 11.8 Å². The predicted molar refractivity (Wildman–Crippen MR) is 370 cm³/mol. The van der Waals surface area contributed by atoms with Crippen molar-refractivity contribution in [3.8, 4) is 11.5 Å². The largest absolute Gasteiger partial charge is 0.484 e. The number of aryl methyl sites for hydroxylation is 1. The van der Waals surface area contributed by atoms with Crippen molar-refractivity contribution in [2.24, 2.45) is 0 Å². The number of amides is 4. The molecule has 4 amide bonds. The number of ketones is 2. The fraction of sp³-hybridized carbons (Fsp3) is 0.826. The summed E-state index contributed by atoms with van der Waals surface area (Å²) in [6.45, 7) is -1.35. The lowest BCUT2D eigenvalue weighted by Gasteiger charge is -2.48. The topological polar surface area (TPSA) is 662 Å². The number of carbonyl (C=O) groups is 6. The zero-order chi connectivity index (χ0) is 82.8. The molecule has 7 rings (SSSR count). The molecule has 22 N–H and O–H groups in total. The summed E-state index contributed by atoms with van der Waals surface area (Å²) in [7, 11) is 0. The molecule has 113 heavy (non-hydrogen) atoms. The molecule has 6 aliphatic heterocycles. The van der Waals surface area contributed by atoms with Crippen molar-refractivity contribution < 1.29 is 196 Å². The summed E-state index contributed by atoms with van der Waals surface area (Å²) in [5.41, 5.74) is 0.703. The van der Waals surface area contributed by atoms with Gasteiger partial charge >= 0.3 is 0 Å². The highest BCUT2D eigenvalue weighted by Crippen LogP contribution is 2.36. The van der Waals surface area contributed by atoms with E-state index in [1.807, 2.05) is 0 Å². The molecule has 6 aliphatic rings. The summed E-state index contributed by atoms with van der Waals surface area (Å²) in [5.74, 6) is -1.93. The van der Waals surface area contributed by atoms with Crippen LogP contribution in [0.2, 0.25) is 0 Å². The smallest absolute Gasteiger partial charge is 0.258 e. The van der Waals surface area contributed by atoms with Crippen LogP contribution in [0.15, 0.2) is 18.2 Å². The van der Waals surface area contributed by atoms with Crippen molar-refractivity contribution in [1.82, 2.24) is 21.3 Å². The van der Waals surface area contributed by atoms with Gasteiger partial charge in [-0.25, -0.2) is 0 Å². The highest BCUT2D eigenvalue weighted by molar-refractivity contribution is 5.79. The first-order valence-electron chi connectivity index (χ1n) is 37.2. The Bertz CT molecular complexity index is 2850. The molecule has 44 nitrogen and oxygen atoms in total. The van der Waals surface area contributed by atoms with Crippen molar-refractivity contribution in [1.29, 1.82) is 0 Å². The number of aliphatic hydroxyl groups is 18. The summed E-state index contributed by atoms with van der Waals surface area (Å²) >= 11 is 0. The minimum atomic E-state index is -2.00. The fourth-order valence-electron chi connectivity index (χ4n) is 13.0. The molecule has 1 aromatic carbocycles. The Morgan fingerprint density at radius 2 is 0.681 bits per heavy atom. The zero-order valence-electron chi connectivity index (χ0n) is 62.6. The number of benzene rings is 1. The number of unbranched alkanes of at least 4 members (excludes halogenated alkanes) is 2. The fourth-order valence-corrected chi connectivity index (χ4v) is 13.0. The number of nitrogens with one attached hydrogen (secondary N) is 4. The Kier molecular flexibility index (Phi) is 39.8. The third kappa shape index (κ3) is 27.4. The lowest BCUT2D eigenvalue weighted by molar-refractivity contribution is -0.376. The lowest BCUT2D eigenvalue weighted by atomic mass is 9.95. The molecule has 0 aliphatic carbocycles. The molecule has 0 spiro atoms. The number of hydrogen-bond donors (Lipinski definition) is 22. The van der Waals surface area contributed by atoms with Crippen LogP contribution in [0.5, 0.6) is 11.5 Å². The second kappa shape index (κ2) is 47.4. The SMILES string of the molecule is CC(=O)NC1[C@H](OCCCCC(=O)CCOCCNC(=O)COc2cc(C)cc(OCC(=O)NCCOCCC(=O)CCCCO[C@@H]3OC(CO)[C@@H](O[C@@H]4OC(CO)[C@H](O)[C@H](O[C@H]5OC(CO)[C@H](O)C(O)[C@@H]5O)C4O)[C@H](O)C3NC(C)=O)c2)OC(CO)[C@@H](O[C@@H]2OC(CO)[C@H](O)[C@H](O[C@H]3OC(CO)[C@H](O)C(O)[C@@H]3O)C2O)[C@@H]1O. The van der Waals surface area contributed by atoms with Gasteiger partial charge in [-0.2, -0.15) is 0 Å². The van der Waals surface area contributed by atoms with Gasteiger partial charge in [-0.3, -0.25) is 28.8 Å². The molecule has 6 saturated heterocycles. The van der Waals surface area contributed by atoms with Crippen molar-refractivity contribution in [3.05, 3.63) is 23.8 Å². The van der Waals surface area contributed by atoms with E-state index in [1.165, 1.54) is 6.07 Å². The first-order chi connectivity index (χ1) is 54.0. The van der Waals surface area contributed by atoms with Gasteiger partial charge in [0.1, 0.15) is 169 Å². The van der Waals surface area contributed by atoms with E-state index in [0.717, 1.165) is 13.8 Å². The van der Waals surface area contributed by atoms with E-state index < -0.39 is 247 Å². The molecule has 0 aromatic heterocycles.